The second-order valence-corrected chi connectivity index (χ2v) is 9.99. The third-order valence-electron chi connectivity index (χ3n) is 5.21. The first kappa shape index (κ1) is 20.9. The molecule has 0 bridgehead atoms. The highest BCUT2D eigenvalue weighted by molar-refractivity contribution is 8.28. The maximum Gasteiger partial charge on any atom is 0.203 e. The van der Waals surface area contributed by atoms with Gasteiger partial charge in [0.2, 0.25) is 5.84 Å². The van der Waals surface area contributed by atoms with Crippen LogP contribution >= 0.6 is 23.5 Å². The Kier molecular flexibility index (Phi) is 6.61. The quantitative estimate of drug-likeness (QED) is 0.203. The third-order valence-corrected chi connectivity index (χ3v) is 8.08. The van der Waals surface area contributed by atoms with E-state index in [4.69, 9.17) is 0 Å². The molecule has 0 radical (unpaired) electrons. The Morgan fingerprint density at radius 3 is 2.00 bits per heavy atom. The van der Waals surface area contributed by atoms with Crippen molar-refractivity contribution in [3.8, 4) is 0 Å². The zero-order chi connectivity index (χ0) is 21.6. The van der Waals surface area contributed by atoms with Crippen molar-refractivity contribution in [1.82, 2.24) is 0 Å². The molecule has 0 unspecified atom stereocenters. The van der Waals surface area contributed by atoms with Gasteiger partial charge in [0.25, 0.3) is 0 Å². The summed E-state index contributed by atoms with van der Waals surface area (Å²) in [5, 5.41) is 17.5. The molecule has 0 aromatic heterocycles. The van der Waals surface area contributed by atoms with Gasteiger partial charge in [0.1, 0.15) is 0 Å². The van der Waals surface area contributed by atoms with E-state index >= 15 is 0 Å². The summed E-state index contributed by atoms with van der Waals surface area (Å²) in [7, 11) is 0. The second-order valence-electron chi connectivity index (χ2n) is 7.52. The van der Waals surface area contributed by atoms with E-state index in [0.29, 0.717) is 5.84 Å². The number of azo groups is 1. The Labute approximate surface area is 196 Å². The summed E-state index contributed by atoms with van der Waals surface area (Å²) in [5.74, 6) is 0.478. The number of allylic oxidation sites excluding steroid dienone is 7. The molecule has 2 aromatic rings. The molecule has 0 amide bonds. The van der Waals surface area contributed by atoms with Gasteiger partial charge >= 0.3 is 0 Å². The Morgan fingerprint density at radius 1 is 0.719 bits per heavy atom. The van der Waals surface area contributed by atoms with Crippen molar-refractivity contribution in [3.05, 3.63) is 110 Å². The van der Waals surface area contributed by atoms with E-state index in [0.717, 1.165) is 17.0 Å². The smallest absolute Gasteiger partial charge is 0.149 e. The van der Waals surface area contributed by atoms with Gasteiger partial charge in [-0.3, -0.25) is 0 Å². The van der Waals surface area contributed by atoms with Gasteiger partial charge in [0.05, 0.1) is 15.6 Å². The normalized spacial score (nSPS) is 18.6. The number of amidine groups is 1. The fourth-order valence-electron chi connectivity index (χ4n) is 3.52. The monoisotopic (exact) mass is 454 g/mol. The average molecular weight is 455 g/mol. The van der Waals surface area contributed by atoms with E-state index in [1.807, 2.05) is 96.3 Å². The predicted molar refractivity (Wildman–Crippen MR) is 137 cm³/mol. The van der Waals surface area contributed by atoms with Gasteiger partial charge in [-0.05, 0) is 55.5 Å². The van der Waals surface area contributed by atoms with Crippen LogP contribution in [-0.2, 0) is 0 Å². The minimum Gasteiger partial charge on any atom is -0.149 e. The fourth-order valence-corrected chi connectivity index (χ4v) is 6.42. The van der Waals surface area contributed by atoms with Crippen LogP contribution in [-0.4, -0.2) is 11.5 Å². The molecule has 0 fully saturated rings. The first-order valence-electron chi connectivity index (χ1n) is 10.7. The molecule has 0 saturated heterocycles. The number of hydrogen-bond donors (Lipinski definition) is 0. The summed E-state index contributed by atoms with van der Waals surface area (Å²) in [6.07, 6.45) is 13.4. The van der Waals surface area contributed by atoms with E-state index in [9.17, 15) is 0 Å². The molecule has 0 saturated carbocycles. The van der Waals surface area contributed by atoms with Crippen LogP contribution in [0.15, 0.2) is 125 Å². The molecule has 5 rings (SSSR count). The average Bonchev–Trinajstić information content (AvgIpc) is 3.30. The molecule has 0 spiro atoms. The zero-order valence-electron chi connectivity index (χ0n) is 17.5. The van der Waals surface area contributed by atoms with E-state index in [-0.39, 0.29) is 0 Å². The van der Waals surface area contributed by atoms with Crippen LogP contribution < -0.4 is 0 Å². The van der Waals surface area contributed by atoms with E-state index in [1.165, 1.54) is 35.5 Å². The highest BCUT2D eigenvalue weighted by Crippen LogP contribution is 2.55. The summed E-state index contributed by atoms with van der Waals surface area (Å²) >= 11 is 3.89. The van der Waals surface area contributed by atoms with Crippen LogP contribution in [0.2, 0.25) is 0 Å². The molecule has 0 N–H and O–H groups in total. The Balaban J connectivity index is 1.35. The molecule has 1 heterocycles. The van der Waals surface area contributed by atoms with E-state index in [2.05, 4.69) is 32.6 Å². The number of rotatable bonds is 3. The maximum atomic E-state index is 4.44. The standard InChI is InChI=1S/C26H22N4S2/c1-3-9-19(10-4-1)25(29-27-21-11-5-2-6-12-21)30-28-22-17-15-20(16-18-22)26-31-23-13-7-8-14-24(23)32-26/h1-6,9-12,15-18H,7-8,13-14H2/b29-27?,30-25-. The molecule has 4 nitrogen and oxygen atoms in total. The number of thioether (sulfide) groups is 2. The van der Waals surface area contributed by atoms with Crippen LogP contribution in [0.4, 0.5) is 5.69 Å². The van der Waals surface area contributed by atoms with Gasteiger partial charge in [0.15, 0.2) is 0 Å². The van der Waals surface area contributed by atoms with Crippen LogP contribution in [0.1, 0.15) is 31.2 Å². The van der Waals surface area contributed by atoms with E-state index in [1.54, 1.807) is 9.81 Å². The number of benzene rings is 2. The van der Waals surface area contributed by atoms with Crippen molar-refractivity contribution >= 4 is 40.8 Å². The molecule has 158 valence electrons. The summed E-state index contributed by atoms with van der Waals surface area (Å²) in [6.45, 7) is 0. The lowest BCUT2D eigenvalue weighted by Gasteiger charge is -2.10. The minimum atomic E-state index is 0.478. The second kappa shape index (κ2) is 10.1. The first-order valence-corrected chi connectivity index (χ1v) is 12.3. The van der Waals surface area contributed by atoms with E-state index < -0.39 is 0 Å². The van der Waals surface area contributed by atoms with Crippen molar-refractivity contribution in [2.75, 3.05) is 0 Å². The number of hydrogen-bond acceptors (Lipinski definition) is 5. The summed E-state index contributed by atoms with van der Waals surface area (Å²) in [4.78, 5) is 3.15. The highest BCUT2D eigenvalue weighted by atomic mass is 32.2. The zero-order valence-corrected chi connectivity index (χ0v) is 19.1. The van der Waals surface area contributed by atoms with Crippen LogP contribution in [0.3, 0.4) is 0 Å². The fraction of sp³-hybridized carbons (Fsp3) is 0.154. The summed E-state index contributed by atoms with van der Waals surface area (Å²) in [5.41, 5.74) is 3.70. The molecule has 6 heteroatoms. The Morgan fingerprint density at radius 2 is 1.34 bits per heavy atom. The van der Waals surface area contributed by atoms with Crippen LogP contribution in [0, 0.1) is 0 Å². The van der Waals surface area contributed by atoms with Gasteiger partial charge in [0, 0.05) is 15.4 Å². The first-order chi connectivity index (χ1) is 15.8. The Bertz CT molecular complexity index is 1160. The van der Waals surface area contributed by atoms with Gasteiger partial charge in [-0.2, -0.15) is 0 Å². The van der Waals surface area contributed by atoms with Crippen molar-refractivity contribution in [2.24, 2.45) is 20.4 Å². The number of nitrogens with zero attached hydrogens (tertiary/aromatic N) is 4. The van der Waals surface area contributed by atoms with Gasteiger partial charge in [-0.25, -0.2) is 0 Å². The maximum absolute atomic E-state index is 4.44. The molecule has 2 aromatic carbocycles. The topological polar surface area (TPSA) is 49.4 Å². The molecule has 32 heavy (non-hydrogen) atoms. The van der Waals surface area contributed by atoms with Crippen LogP contribution in [0.25, 0.3) is 0 Å². The van der Waals surface area contributed by atoms with Crippen molar-refractivity contribution in [1.29, 1.82) is 0 Å². The lowest BCUT2D eigenvalue weighted by molar-refractivity contribution is 0.718. The van der Waals surface area contributed by atoms with Gasteiger partial charge in [-0.15, -0.1) is 20.4 Å². The lowest BCUT2D eigenvalue weighted by atomic mass is 10.1. The molecular weight excluding hydrogens is 432 g/mol. The van der Waals surface area contributed by atoms with Crippen molar-refractivity contribution in [2.45, 2.75) is 25.7 Å². The molecule has 3 aliphatic rings. The summed E-state index contributed by atoms with van der Waals surface area (Å²) in [6, 6.07) is 19.4. The largest absolute Gasteiger partial charge is 0.203 e. The molecule has 2 aliphatic carbocycles. The highest BCUT2D eigenvalue weighted by Gasteiger charge is 2.24. The SMILES string of the molecule is C1=CC(=C2SC3=C(CCCC3)S2)C=CC1=N/N=C(\N=Nc1ccccc1)c1ccccc1. The van der Waals surface area contributed by atoms with Crippen molar-refractivity contribution < 1.29 is 0 Å². The lowest BCUT2D eigenvalue weighted by Crippen LogP contribution is -1.98. The van der Waals surface area contributed by atoms with Gasteiger partial charge in [-0.1, -0.05) is 84.2 Å². The third kappa shape index (κ3) is 5.09. The Hall–Kier alpha value is -2.96. The van der Waals surface area contributed by atoms with Crippen molar-refractivity contribution in [3.63, 3.8) is 0 Å². The van der Waals surface area contributed by atoms with Gasteiger partial charge < -0.3 is 0 Å². The molecule has 1 aliphatic heterocycles. The van der Waals surface area contributed by atoms with Crippen LogP contribution in [0.5, 0.6) is 0 Å². The summed E-state index contributed by atoms with van der Waals surface area (Å²) < 4.78 is 1.38. The predicted octanol–water partition coefficient (Wildman–Crippen LogP) is 8.18. The minimum absolute atomic E-state index is 0.478. The molecule has 0 atom stereocenters. The molecular formula is C26H22N4S2.